The number of carbonyl (C=O) groups excluding carboxylic acids is 1. The second-order valence-electron chi connectivity index (χ2n) is 7.58. The average Bonchev–Trinajstić information content (AvgIpc) is 2.79. The van der Waals surface area contributed by atoms with Gasteiger partial charge in [0.15, 0.2) is 6.61 Å². The van der Waals surface area contributed by atoms with Crippen LogP contribution in [0.15, 0.2) is 73.1 Å². The van der Waals surface area contributed by atoms with E-state index in [1.54, 1.807) is 23.4 Å². The quantitative estimate of drug-likeness (QED) is 0.603. The molecule has 1 heterocycles. The van der Waals surface area contributed by atoms with Crippen molar-refractivity contribution in [2.45, 2.75) is 31.6 Å². The van der Waals surface area contributed by atoms with E-state index in [0.29, 0.717) is 12.2 Å². The summed E-state index contributed by atoms with van der Waals surface area (Å²) >= 11 is 0. The molecule has 1 aliphatic rings. The first kappa shape index (κ1) is 20.6. The first-order valence-electron chi connectivity index (χ1n) is 10.4. The number of fused-ring (bicyclic) bond motifs is 1. The molecule has 0 radical (unpaired) electrons. The molecule has 1 aliphatic carbocycles. The second-order valence-corrected chi connectivity index (χ2v) is 7.58. The average molecular weight is 416 g/mol. The topological polar surface area (TPSA) is 79.7 Å². The maximum atomic E-state index is 13.5. The number of carbonyl (C=O) groups is 2. The maximum absolute atomic E-state index is 13.5. The van der Waals surface area contributed by atoms with Crippen molar-refractivity contribution in [3.8, 4) is 5.75 Å². The summed E-state index contributed by atoms with van der Waals surface area (Å²) in [7, 11) is 0. The van der Waals surface area contributed by atoms with Crippen LogP contribution in [0.3, 0.4) is 0 Å². The Labute approximate surface area is 181 Å². The Morgan fingerprint density at radius 1 is 1.03 bits per heavy atom. The molecule has 1 aromatic heterocycles. The molecular formula is C25H24N2O4. The molecule has 4 rings (SSSR count). The van der Waals surface area contributed by atoms with E-state index in [4.69, 9.17) is 9.84 Å². The molecule has 6 heteroatoms. The summed E-state index contributed by atoms with van der Waals surface area (Å²) in [5.74, 6) is -0.360. The number of anilines is 2. The Morgan fingerprint density at radius 2 is 1.84 bits per heavy atom. The van der Waals surface area contributed by atoms with Crippen LogP contribution in [0.5, 0.6) is 5.75 Å². The number of para-hydroxylation sites is 1. The smallest absolute Gasteiger partial charge is 0.341 e. The number of amides is 1. The van der Waals surface area contributed by atoms with Crippen LogP contribution < -0.4 is 9.64 Å². The molecule has 0 aliphatic heterocycles. The predicted molar refractivity (Wildman–Crippen MR) is 118 cm³/mol. The van der Waals surface area contributed by atoms with Gasteiger partial charge in [-0.2, -0.15) is 0 Å². The van der Waals surface area contributed by atoms with Crippen molar-refractivity contribution in [3.63, 3.8) is 0 Å². The van der Waals surface area contributed by atoms with E-state index < -0.39 is 5.97 Å². The molecule has 0 fully saturated rings. The molecule has 0 spiro atoms. The third-order valence-corrected chi connectivity index (χ3v) is 5.53. The van der Waals surface area contributed by atoms with Crippen LogP contribution in [0.25, 0.3) is 0 Å². The number of aliphatic carboxylic acids is 1. The van der Waals surface area contributed by atoms with Gasteiger partial charge in [-0.1, -0.05) is 30.3 Å². The van der Waals surface area contributed by atoms with Crippen LogP contribution in [-0.2, 0) is 16.0 Å². The fourth-order valence-corrected chi connectivity index (χ4v) is 4.20. The van der Waals surface area contributed by atoms with Crippen LogP contribution in [0.1, 0.15) is 36.3 Å². The number of ether oxygens (including phenoxy) is 1. The number of nitrogens with zero attached hydrogens (tertiary/aromatic N) is 2. The third-order valence-electron chi connectivity index (χ3n) is 5.53. The zero-order valence-corrected chi connectivity index (χ0v) is 17.1. The largest absolute Gasteiger partial charge is 0.482 e. The molecular weight excluding hydrogens is 392 g/mol. The summed E-state index contributed by atoms with van der Waals surface area (Å²) in [5, 5.41) is 8.95. The predicted octanol–water partition coefficient (Wildman–Crippen LogP) is 4.72. The van der Waals surface area contributed by atoms with Crippen molar-refractivity contribution in [1.82, 2.24) is 4.98 Å². The molecule has 1 N–H and O–H groups in total. The van der Waals surface area contributed by atoms with E-state index in [2.05, 4.69) is 4.98 Å². The highest BCUT2D eigenvalue weighted by atomic mass is 16.5. The summed E-state index contributed by atoms with van der Waals surface area (Å²) < 4.78 is 5.50. The Hall–Kier alpha value is -3.67. The second kappa shape index (κ2) is 9.43. The lowest BCUT2D eigenvalue weighted by Gasteiger charge is -2.29. The van der Waals surface area contributed by atoms with Crippen molar-refractivity contribution in [2.75, 3.05) is 11.5 Å². The van der Waals surface area contributed by atoms with Gasteiger partial charge in [0.25, 0.3) is 0 Å². The lowest BCUT2D eigenvalue weighted by atomic mass is 9.80. The van der Waals surface area contributed by atoms with Crippen LogP contribution in [0, 0.1) is 0 Å². The lowest BCUT2D eigenvalue weighted by molar-refractivity contribution is -0.139. The van der Waals surface area contributed by atoms with Gasteiger partial charge in [0.1, 0.15) is 5.75 Å². The Balaban J connectivity index is 1.61. The highest BCUT2D eigenvalue weighted by Gasteiger charge is 2.28. The molecule has 1 atom stereocenters. The fraction of sp³-hybridized carbons (Fsp3) is 0.240. The first-order valence-corrected chi connectivity index (χ1v) is 10.4. The molecule has 0 saturated carbocycles. The van der Waals surface area contributed by atoms with Gasteiger partial charge in [0.05, 0.1) is 11.9 Å². The summed E-state index contributed by atoms with van der Waals surface area (Å²) in [4.78, 5) is 30.3. The highest BCUT2D eigenvalue weighted by molar-refractivity contribution is 6.00. The molecule has 31 heavy (non-hydrogen) atoms. The minimum atomic E-state index is -1.00. The molecule has 3 aromatic rings. The number of hydrogen-bond donors (Lipinski definition) is 1. The van der Waals surface area contributed by atoms with Gasteiger partial charge in [-0.05, 0) is 66.6 Å². The van der Waals surface area contributed by atoms with Crippen molar-refractivity contribution >= 4 is 23.3 Å². The van der Waals surface area contributed by atoms with E-state index >= 15 is 0 Å². The van der Waals surface area contributed by atoms with Crippen molar-refractivity contribution in [1.29, 1.82) is 0 Å². The fourth-order valence-electron chi connectivity index (χ4n) is 4.20. The maximum Gasteiger partial charge on any atom is 0.341 e. The molecule has 2 aromatic carbocycles. The normalized spacial score (nSPS) is 15.0. The summed E-state index contributed by atoms with van der Waals surface area (Å²) in [5.41, 5.74) is 3.62. The van der Waals surface area contributed by atoms with E-state index in [9.17, 15) is 9.59 Å². The van der Waals surface area contributed by atoms with E-state index in [0.717, 1.165) is 41.8 Å². The lowest BCUT2D eigenvalue weighted by Crippen LogP contribution is -2.28. The number of carboxylic acid groups (broad SMARTS) is 1. The van der Waals surface area contributed by atoms with Gasteiger partial charge < -0.3 is 9.84 Å². The first-order chi connectivity index (χ1) is 15.1. The summed E-state index contributed by atoms with van der Waals surface area (Å²) in [6, 6.07) is 19.0. The van der Waals surface area contributed by atoms with Gasteiger partial charge in [0, 0.05) is 18.3 Å². The van der Waals surface area contributed by atoms with Gasteiger partial charge in [-0.3, -0.25) is 14.7 Å². The molecule has 0 bridgehead atoms. The van der Waals surface area contributed by atoms with Crippen LogP contribution in [-0.4, -0.2) is 28.6 Å². The number of carboxylic acids is 1. The van der Waals surface area contributed by atoms with E-state index in [1.165, 1.54) is 0 Å². The Kier molecular flexibility index (Phi) is 6.26. The number of aromatic nitrogens is 1. The zero-order valence-electron chi connectivity index (χ0n) is 17.1. The number of benzene rings is 2. The van der Waals surface area contributed by atoms with Crippen molar-refractivity contribution < 1.29 is 19.4 Å². The molecule has 6 nitrogen and oxygen atoms in total. The molecule has 1 unspecified atom stereocenters. The van der Waals surface area contributed by atoms with Crippen LogP contribution in [0.2, 0.25) is 0 Å². The minimum Gasteiger partial charge on any atom is -0.482 e. The molecule has 1 amide bonds. The number of pyridine rings is 1. The summed E-state index contributed by atoms with van der Waals surface area (Å²) in [6.45, 7) is -0.372. The minimum absolute atomic E-state index is 0.00564. The Morgan fingerprint density at radius 3 is 2.58 bits per heavy atom. The van der Waals surface area contributed by atoms with Crippen molar-refractivity contribution in [2.24, 2.45) is 0 Å². The van der Waals surface area contributed by atoms with Gasteiger partial charge >= 0.3 is 5.97 Å². The van der Waals surface area contributed by atoms with Crippen molar-refractivity contribution in [3.05, 3.63) is 84.2 Å². The number of rotatable bonds is 7. The Bertz CT molecular complexity index is 1010. The standard InChI is InChI=1S/C25H24N2O4/c28-24(27(19-8-2-1-3-9-19)20-10-6-14-26-16-20)15-18-7-4-12-22-21(18)11-5-13-23(22)31-17-25(29)30/h1-3,5-6,8-11,13-14,16,18H,4,7,12,15,17H2,(H,29,30). The SMILES string of the molecule is O=C(O)COc1cccc2c1CCCC2CC(=O)N(c1ccccc1)c1cccnc1. The highest BCUT2D eigenvalue weighted by Crippen LogP contribution is 2.39. The monoisotopic (exact) mass is 416 g/mol. The molecule has 0 saturated heterocycles. The zero-order chi connectivity index (χ0) is 21.6. The van der Waals surface area contributed by atoms with Crippen LogP contribution >= 0.6 is 0 Å². The van der Waals surface area contributed by atoms with Crippen LogP contribution in [0.4, 0.5) is 11.4 Å². The number of hydrogen-bond acceptors (Lipinski definition) is 4. The molecule has 158 valence electrons. The van der Waals surface area contributed by atoms with Gasteiger partial charge in [-0.15, -0.1) is 0 Å². The van der Waals surface area contributed by atoms with Gasteiger partial charge in [0.2, 0.25) is 5.91 Å². The summed E-state index contributed by atoms with van der Waals surface area (Å²) in [6.07, 6.45) is 6.37. The van der Waals surface area contributed by atoms with E-state index in [1.807, 2.05) is 54.6 Å². The van der Waals surface area contributed by atoms with Gasteiger partial charge in [-0.25, -0.2) is 4.79 Å². The third kappa shape index (κ3) is 4.74. The van der Waals surface area contributed by atoms with E-state index in [-0.39, 0.29) is 18.4 Å².